The average molecular weight is 313 g/mol. The Kier molecular flexibility index (Phi) is 4.53. The highest BCUT2D eigenvalue weighted by Crippen LogP contribution is 2.18. The molecule has 22 heavy (non-hydrogen) atoms. The van der Waals surface area contributed by atoms with Gasteiger partial charge in [-0.2, -0.15) is 5.10 Å². The fourth-order valence-electron chi connectivity index (χ4n) is 2.41. The highest BCUT2D eigenvalue weighted by Gasteiger charge is 2.05. The summed E-state index contributed by atoms with van der Waals surface area (Å²) in [6, 6.07) is 10.0. The quantitative estimate of drug-likeness (QED) is 0.745. The SMILES string of the molecule is CCn1cc2ccc(NC(=O)CCCc3cccs3)cc2n1. The summed E-state index contributed by atoms with van der Waals surface area (Å²) < 4.78 is 1.90. The number of amides is 1. The molecule has 0 radical (unpaired) electrons. The van der Waals surface area contributed by atoms with Crippen molar-refractivity contribution < 1.29 is 4.79 Å². The smallest absolute Gasteiger partial charge is 0.224 e. The van der Waals surface area contributed by atoms with Crippen molar-refractivity contribution in [1.29, 1.82) is 0 Å². The van der Waals surface area contributed by atoms with Crippen LogP contribution in [0.5, 0.6) is 0 Å². The molecule has 0 aliphatic rings. The number of carbonyl (C=O) groups excluding carboxylic acids is 1. The molecule has 3 rings (SSSR count). The first-order valence-corrected chi connectivity index (χ1v) is 8.42. The van der Waals surface area contributed by atoms with Crippen LogP contribution < -0.4 is 5.32 Å². The summed E-state index contributed by atoms with van der Waals surface area (Å²) in [6.45, 7) is 2.90. The molecule has 0 spiro atoms. The highest BCUT2D eigenvalue weighted by molar-refractivity contribution is 7.09. The fourth-order valence-corrected chi connectivity index (χ4v) is 3.16. The molecule has 1 N–H and O–H groups in total. The van der Waals surface area contributed by atoms with Gasteiger partial charge in [-0.1, -0.05) is 6.07 Å². The van der Waals surface area contributed by atoms with Gasteiger partial charge in [-0.15, -0.1) is 11.3 Å². The van der Waals surface area contributed by atoms with E-state index in [1.807, 2.05) is 35.1 Å². The van der Waals surface area contributed by atoms with Crippen molar-refractivity contribution in [2.24, 2.45) is 0 Å². The summed E-state index contributed by atoms with van der Waals surface area (Å²) in [7, 11) is 0. The van der Waals surface area contributed by atoms with E-state index in [-0.39, 0.29) is 5.91 Å². The van der Waals surface area contributed by atoms with Crippen molar-refractivity contribution in [2.45, 2.75) is 32.7 Å². The van der Waals surface area contributed by atoms with Crippen LogP contribution in [-0.4, -0.2) is 15.7 Å². The maximum Gasteiger partial charge on any atom is 0.224 e. The van der Waals surface area contributed by atoms with E-state index in [1.165, 1.54) is 4.88 Å². The number of nitrogens with zero attached hydrogens (tertiary/aromatic N) is 2. The van der Waals surface area contributed by atoms with E-state index in [0.29, 0.717) is 6.42 Å². The van der Waals surface area contributed by atoms with Gasteiger partial charge in [0.25, 0.3) is 0 Å². The predicted molar refractivity (Wildman–Crippen MR) is 91.3 cm³/mol. The topological polar surface area (TPSA) is 46.9 Å². The molecule has 0 fully saturated rings. The van der Waals surface area contributed by atoms with Crippen LogP contribution in [0.4, 0.5) is 5.69 Å². The molecule has 1 aromatic carbocycles. The number of rotatable bonds is 6. The Balaban J connectivity index is 1.56. The summed E-state index contributed by atoms with van der Waals surface area (Å²) in [5.41, 5.74) is 1.73. The third kappa shape index (κ3) is 3.54. The largest absolute Gasteiger partial charge is 0.326 e. The van der Waals surface area contributed by atoms with Crippen LogP contribution >= 0.6 is 11.3 Å². The summed E-state index contributed by atoms with van der Waals surface area (Å²) in [4.78, 5) is 13.3. The second kappa shape index (κ2) is 6.75. The van der Waals surface area contributed by atoms with Crippen LogP contribution in [0.15, 0.2) is 41.9 Å². The minimum Gasteiger partial charge on any atom is -0.326 e. The minimum atomic E-state index is 0.0610. The van der Waals surface area contributed by atoms with E-state index in [1.54, 1.807) is 11.3 Å². The Morgan fingerprint density at radius 2 is 2.27 bits per heavy atom. The number of benzene rings is 1. The van der Waals surface area contributed by atoms with E-state index >= 15 is 0 Å². The molecule has 5 heteroatoms. The van der Waals surface area contributed by atoms with Crippen LogP contribution in [-0.2, 0) is 17.8 Å². The monoisotopic (exact) mass is 313 g/mol. The van der Waals surface area contributed by atoms with Gasteiger partial charge in [0.2, 0.25) is 5.91 Å². The summed E-state index contributed by atoms with van der Waals surface area (Å²) >= 11 is 1.74. The van der Waals surface area contributed by atoms with Gasteiger partial charge in [-0.05, 0) is 49.4 Å². The lowest BCUT2D eigenvalue weighted by Gasteiger charge is -2.04. The van der Waals surface area contributed by atoms with E-state index in [4.69, 9.17) is 0 Å². The van der Waals surface area contributed by atoms with Gasteiger partial charge in [0, 0.05) is 35.1 Å². The standard InChI is InChI=1S/C17H19N3OS/c1-2-20-12-13-8-9-14(11-16(13)19-20)18-17(21)7-3-5-15-6-4-10-22-15/h4,6,8-12H,2-3,5,7H2,1H3,(H,18,21). The Bertz CT molecular complexity index is 761. The molecule has 2 heterocycles. The lowest BCUT2D eigenvalue weighted by molar-refractivity contribution is -0.116. The Morgan fingerprint density at radius 1 is 1.36 bits per heavy atom. The second-order valence-electron chi connectivity index (χ2n) is 5.24. The molecular formula is C17H19N3OS. The summed E-state index contributed by atoms with van der Waals surface area (Å²) in [6.07, 6.45) is 4.39. The van der Waals surface area contributed by atoms with Gasteiger partial charge >= 0.3 is 0 Å². The molecule has 2 aromatic heterocycles. The first kappa shape index (κ1) is 14.8. The Morgan fingerprint density at radius 3 is 3.05 bits per heavy atom. The molecule has 0 aliphatic heterocycles. The van der Waals surface area contributed by atoms with Gasteiger partial charge < -0.3 is 5.32 Å². The zero-order chi connectivity index (χ0) is 15.4. The average Bonchev–Trinajstić information content (AvgIpc) is 3.15. The molecule has 0 saturated carbocycles. The minimum absolute atomic E-state index is 0.0610. The molecule has 1 amide bonds. The van der Waals surface area contributed by atoms with E-state index in [2.05, 4.69) is 28.8 Å². The fraction of sp³-hybridized carbons (Fsp3) is 0.294. The van der Waals surface area contributed by atoms with Gasteiger partial charge in [-0.3, -0.25) is 9.48 Å². The molecule has 3 aromatic rings. The number of nitrogens with one attached hydrogen (secondary N) is 1. The van der Waals surface area contributed by atoms with Gasteiger partial charge in [0.1, 0.15) is 0 Å². The van der Waals surface area contributed by atoms with Gasteiger partial charge in [0.15, 0.2) is 0 Å². The van der Waals surface area contributed by atoms with Crippen molar-refractivity contribution in [1.82, 2.24) is 9.78 Å². The molecule has 4 nitrogen and oxygen atoms in total. The van der Waals surface area contributed by atoms with Crippen LogP contribution in [0.2, 0.25) is 0 Å². The van der Waals surface area contributed by atoms with Gasteiger partial charge in [-0.25, -0.2) is 0 Å². The normalized spacial score (nSPS) is 11.0. The number of aryl methyl sites for hydroxylation is 2. The molecular weight excluding hydrogens is 294 g/mol. The number of aromatic nitrogens is 2. The number of thiophene rings is 1. The van der Waals surface area contributed by atoms with Crippen LogP contribution in [0.3, 0.4) is 0 Å². The molecule has 0 atom stereocenters. The Hall–Kier alpha value is -2.14. The van der Waals surface area contributed by atoms with E-state index in [0.717, 1.165) is 36.0 Å². The number of carbonyl (C=O) groups is 1. The van der Waals surface area contributed by atoms with E-state index < -0.39 is 0 Å². The first-order valence-electron chi connectivity index (χ1n) is 7.54. The van der Waals surface area contributed by atoms with Gasteiger partial charge in [0.05, 0.1) is 5.52 Å². The lowest BCUT2D eigenvalue weighted by Crippen LogP contribution is -2.11. The lowest BCUT2D eigenvalue weighted by atomic mass is 10.2. The molecule has 0 unspecified atom stereocenters. The van der Waals surface area contributed by atoms with Crippen molar-refractivity contribution in [3.63, 3.8) is 0 Å². The maximum absolute atomic E-state index is 12.0. The summed E-state index contributed by atoms with van der Waals surface area (Å²) in [5, 5.41) is 10.6. The molecule has 114 valence electrons. The Labute approximate surface area is 133 Å². The maximum atomic E-state index is 12.0. The first-order chi connectivity index (χ1) is 10.7. The third-order valence-electron chi connectivity index (χ3n) is 3.57. The van der Waals surface area contributed by atoms with E-state index in [9.17, 15) is 4.79 Å². The summed E-state index contributed by atoms with van der Waals surface area (Å²) in [5.74, 6) is 0.0610. The third-order valence-corrected chi connectivity index (χ3v) is 4.51. The number of hydrogen-bond donors (Lipinski definition) is 1. The van der Waals surface area contributed by atoms with Crippen molar-refractivity contribution in [2.75, 3.05) is 5.32 Å². The number of hydrogen-bond acceptors (Lipinski definition) is 3. The molecule has 0 bridgehead atoms. The highest BCUT2D eigenvalue weighted by atomic mass is 32.1. The van der Waals surface area contributed by atoms with Crippen LogP contribution in [0, 0.1) is 0 Å². The van der Waals surface area contributed by atoms with Crippen molar-refractivity contribution >= 4 is 33.8 Å². The number of anilines is 1. The zero-order valence-corrected chi connectivity index (χ0v) is 13.4. The number of fused-ring (bicyclic) bond motifs is 1. The molecule has 0 aliphatic carbocycles. The van der Waals surface area contributed by atoms with Crippen LogP contribution in [0.25, 0.3) is 10.9 Å². The van der Waals surface area contributed by atoms with Crippen LogP contribution in [0.1, 0.15) is 24.6 Å². The predicted octanol–water partition coefficient (Wildman–Crippen LogP) is 4.08. The van der Waals surface area contributed by atoms with Crippen molar-refractivity contribution in [3.8, 4) is 0 Å². The molecule has 0 saturated heterocycles. The van der Waals surface area contributed by atoms with Crippen molar-refractivity contribution in [3.05, 3.63) is 46.8 Å². The zero-order valence-electron chi connectivity index (χ0n) is 12.6. The second-order valence-corrected chi connectivity index (χ2v) is 6.27.